The van der Waals surface area contributed by atoms with Crippen LogP contribution in [-0.2, 0) is 9.53 Å². The Morgan fingerprint density at radius 3 is 2.23 bits per heavy atom. The van der Waals surface area contributed by atoms with Crippen LogP contribution in [0.2, 0.25) is 0 Å². The highest BCUT2D eigenvalue weighted by Crippen LogP contribution is 2.30. The topological polar surface area (TPSA) is 29.3 Å². The Morgan fingerprint density at radius 2 is 1.92 bits per heavy atom. The number of hydrogen-bond donors (Lipinski definition) is 0. The number of ether oxygens (including phenoxy) is 1. The molecule has 0 amide bonds. The maximum atomic E-state index is 11.2. The van der Waals surface area contributed by atoms with E-state index in [-0.39, 0.29) is 12.2 Å². The highest BCUT2D eigenvalue weighted by Gasteiger charge is 2.44. The molecule has 74 valence electrons. The summed E-state index contributed by atoms with van der Waals surface area (Å²) in [6, 6.07) is 1.04. The highest BCUT2D eigenvalue weighted by atomic mass is 16.6. The summed E-state index contributed by atoms with van der Waals surface area (Å²) >= 11 is 0. The second-order valence-corrected chi connectivity index (χ2v) is 3.71. The number of nitrogens with zero attached hydrogens (tertiary/aromatic N) is 1. The zero-order valence-electron chi connectivity index (χ0n) is 8.70. The zero-order chi connectivity index (χ0) is 10.2. The maximum absolute atomic E-state index is 11.2. The van der Waals surface area contributed by atoms with Crippen LogP contribution >= 0.6 is 0 Å². The van der Waals surface area contributed by atoms with E-state index in [1.165, 1.54) is 0 Å². The van der Waals surface area contributed by atoms with Gasteiger partial charge in [0.2, 0.25) is 0 Å². The molecule has 1 fully saturated rings. The largest absolute Gasteiger partial charge is 0.443 e. The fourth-order valence-electron chi connectivity index (χ4n) is 1.51. The number of carbonyl (C=O) groups is 1. The van der Waals surface area contributed by atoms with Crippen molar-refractivity contribution >= 4 is 5.97 Å². The minimum atomic E-state index is -0.307. The molecule has 0 aromatic heterocycles. The van der Waals surface area contributed by atoms with Gasteiger partial charge < -0.3 is 4.74 Å². The van der Waals surface area contributed by atoms with E-state index in [9.17, 15) is 4.79 Å². The fraction of sp³-hybridized carbons (Fsp3) is 0.700. The van der Waals surface area contributed by atoms with Crippen LogP contribution in [0.5, 0.6) is 0 Å². The molecule has 1 saturated heterocycles. The van der Waals surface area contributed by atoms with Gasteiger partial charge in [0.15, 0.2) is 6.23 Å². The first-order valence-electron chi connectivity index (χ1n) is 4.59. The molecule has 0 radical (unpaired) electrons. The highest BCUT2D eigenvalue weighted by molar-refractivity contribution is 5.87. The lowest BCUT2D eigenvalue weighted by molar-refractivity contribution is -0.148. The molecule has 1 rings (SSSR count). The Hall–Kier alpha value is -0.830. The van der Waals surface area contributed by atoms with Crippen molar-refractivity contribution in [1.29, 1.82) is 0 Å². The smallest absolute Gasteiger partial charge is 0.334 e. The lowest BCUT2D eigenvalue weighted by Crippen LogP contribution is -2.24. The van der Waals surface area contributed by atoms with Crippen molar-refractivity contribution in [3.63, 3.8) is 0 Å². The van der Waals surface area contributed by atoms with Gasteiger partial charge in [0.1, 0.15) is 0 Å². The predicted molar refractivity (Wildman–Crippen MR) is 51.1 cm³/mol. The summed E-state index contributed by atoms with van der Waals surface area (Å²) in [7, 11) is 0. The molecule has 3 atom stereocenters. The lowest BCUT2D eigenvalue weighted by atomic mass is 10.4. The molecule has 0 spiro atoms. The Labute approximate surface area is 79.4 Å². The third kappa shape index (κ3) is 2.10. The molecule has 3 unspecified atom stereocenters. The van der Waals surface area contributed by atoms with Gasteiger partial charge in [-0.25, -0.2) is 4.79 Å². The summed E-state index contributed by atoms with van der Waals surface area (Å²) in [5.41, 5.74) is 0.453. The molecule has 0 aliphatic carbocycles. The summed E-state index contributed by atoms with van der Waals surface area (Å²) in [6.07, 6.45) is -0.130. The molecular weight excluding hydrogens is 166 g/mol. The van der Waals surface area contributed by atoms with Crippen LogP contribution in [0.4, 0.5) is 0 Å². The number of rotatable bonds is 3. The molecule has 13 heavy (non-hydrogen) atoms. The molecule has 0 N–H and O–H groups in total. The Kier molecular flexibility index (Phi) is 2.76. The summed E-state index contributed by atoms with van der Waals surface area (Å²) in [5, 5.41) is 0. The van der Waals surface area contributed by atoms with Crippen molar-refractivity contribution < 1.29 is 9.53 Å². The molecule has 3 nitrogen and oxygen atoms in total. The van der Waals surface area contributed by atoms with E-state index in [0.29, 0.717) is 17.7 Å². The number of esters is 1. The van der Waals surface area contributed by atoms with Gasteiger partial charge >= 0.3 is 5.97 Å². The number of carbonyl (C=O) groups excluding carboxylic acids is 1. The van der Waals surface area contributed by atoms with Gasteiger partial charge in [-0.3, -0.25) is 4.90 Å². The van der Waals surface area contributed by atoms with Gasteiger partial charge in [-0.05, 0) is 27.7 Å². The molecule has 0 bridgehead atoms. The van der Waals surface area contributed by atoms with Gasteiger partial charge in [-0.2, -0.15) is 0 Å². The second kappa shape index (κ2) is 3.50. The van der Waals surface area contributed by atoms with E-state index in [0.717, 1.165) is 0 Å². The summed E-state index contributed by atoms with van der Waals surface area (Å²) in [4.78, 5) is 13.3. The van der Waals surface area contributed by atoms with Crippen molar-refractivity contribution in [3.05, 3.63) is 12.2 Å². The van der Waals surface area contributed by atoms with Crippen molar-refractivity contribution in [1.82, 2.24) is 4.90 Å². The molecule has 1 heterocycles. The normalized spacial score (nSPS) is 33.7. The van der Waals surface area contributed by atoms with Gasteiger partial charge in [0.05, 0.1) is 0 Å². The molecule has 0 aromatic carbocycles. The van der Waals surface area contributed by atoms with E-state index >= 15 is 0 Å². The zero-order valence-corrected chi connectivity index (χ0v) is 8.70. The van der Waals surface area contributed by atoms with Crippen LogP contribution < -0.4 is 0 Å². The molecule has 0 saturated carbocycles. The third-order valence-electron chi connectivity index (χ3n) is 2.59. The van der Waals surface area contributed by atoms with E-state index in [1.807, 2.05) is 6.92 Å². The summed E-state index contributed by atoms with van der Waals surface area (Å²) in [5.74, 6) is -0.307. The van der Waals surface area contributed by atoms with E-state index < -0.39 is 0 Å². The first kappa shape index (κ1) is 10.3. The summed E-state index contributed by atoms with van der Waals surface area (Å²) in [6.45, 7) is 11.3. The quantitative estimate of drug-likeness (QED) is 0.377. The monoisotopic (exact) mass is 183 g/mol. The van der Waals surface area contributed by atoms with Crippen molar-refractivity contribution in [2.45, 2.75) is 46.0 Å². The Morgan fingerprint density at radius 1 is 1.46 bits per heavy atom. The average molecular weight is 183 g/mol. The molecule has 3 heteroatoms. The first-order chi connectivity index (χ1) is 5.95. The molecule has 0 aromatic rings. The van der Waals surface area contributed by atoms with Crippen LogP contribution in [0.25, 0.3) is 0 Å². The van der Waals surface area contributed by atoms with Crippen LogP contribution in [0.15, 0.2) is 12.2 Å². The van der Waals surface area contributed by atoms with Gasteiger partial charge in [0, 0.05) is 17.7 Å². The lowest BCUT2D eigenvalue weighted by Gasteiger charge is -2.14. The maximum Gasteiger partial charge on any atom is 0.334 e. The minimum Gasteiger partial charge on any atom is -0.443 e. The van der Waals surface area contributed by atoms with E-state index in [1.54, 1.807) is 6.92 Å². The Balaban J connectivity index is 2.38. The first-order valence-corrected chi connectivity index (χ1v) is 4.59. The van der Waals surface area contributed by atoms with E-state index in [4.69, 9.17) is 4.74 Å². The fourth-order valence-corrected chi connectivity index (χ4v) is 1.51. The van der Waals surface area contributed by atoms with Gasteiger partial charge in [0.25, 0.3) is 0 Å². The Bertz CT molecular complexity index is 229. The predicted octanol–water partition coefficient (Wildman–Crippen LogP) is 1.54. The standard InChI is InChI=1S/C10H17NO2/c1-6(2)10(12)13-9(5)11-7(3)8(11)4/h7-9H,1H2,2-5H3. The van der Waals surface area contributed by atoms with Crippen LogP contribution in [0, 0.1) is 0 Å². The molecule has 1 aliphatic heterocycles. The average Bonchev–Trinajstić information content (AvgIpc) is 2.59. The van der Waals surface area contributed by atoms with Gasteiger partial charge in [-0.1, -0.05) is 6.58 Å². The molecular formula is C10H17NO2. The van der Waals surface area contributed by atoms with Crippen LogP contribution in [-0.4, -0.2) is 29.2 Å². The summed E-state index contributed by atoms with van der Waals surface area (Å²) < 4.78 is 5.16. The third-order valence-corrected chi connectivity index (χ3v) is 2.59. The van der Waals surface area contributed by atoms with Crippen molar-refractivity contribution in [3.8, 4) is 0 Å². The van der Waals surface area contributed by atoms with Crippen LogP contribution in [0.3, 0.4) is 0 Å². The molecule has 1 aliphatic rings. The minimum absolute atomic E-state index is 0.130. The number of hydrogen-bond acceptors (Lipinski definition) is 3. The van der Waals surface area contributed by atoms with Gasteiger partial charge in [-0.15, -0.1) is 0 Å². The van der Waals surface area contributed by atoms with E-state index in [2.05, 4.69) is 25.3 Å². The van der Waals surface area contributed by atoms with Crippen molar-refractivity contribution in [2.24, 2.45) is 0 Å². The SMILES string of the molecule is C=C(C)C(=O)OC(C)N1C(C)C1C. The second-order valence-electron chi connectivity index (χ2n) is 3.71. The van der Waals surface area contributed by atoms with Crippen molar-refractivity contribution in [2.75, 3.05) is 0 Å². The van der Waals surface area contributed by atoms with Crippen LogP contribution in [0.1, 0.15) is 27.7 Å².